The Labute approximate surface area is 136 Å². The summed E-state index contributed by atoms with van der Waals surface area (Å²) in [6, 6.07) is 0. The van der Waals surface area contributed by atoms with Crippen molar-refractivity contribution in [1.82, 2.24) is 14.9 Å². The highest BCUT2D eigenvalue weighted by atomic mass is 35.5. The summed E-state index contributed by atoms with van der Waals surface area (Å²) in [5, 5.41) is 0.568. The minimum Gasteiger partial charge on any atom is -0.444 e. The van der Waals surface area contributed by atoms with Crippen molar-refractivity contribution in [2.45, 2.75) is 45.1 Å². The molecule has 1 aliphatic heterocycles. The summed E-state index contributed by atoms with van der Waals surface area (Å²) in [4.78, 5) is 22.7. The van der Waals surface area contributed by atoms with Crippen molar-refractivity contribution >= 4 is 17.7 Å². The highest BCUT2D eigenvalue weighted by Crippen LogP contribution is 2.45. The smallest absolute Gasteiger partial charge is 0.410 e. The Bertz CT molecular complexity index is 542. The second-order valence-corrected chi connectivity index (χ2v) is 7.77. The summed E-state index contributed by atoms with van der Waals surface area (Å²) in [6.45, 7) is 7.26. The molecule has 1 aliphatic carbocycles. The van der Waals surface area contributed by atoms with Crippen LogP contribution in [0.4, 0.5) is 4.79 Å². The lowest BCUT2D eigenvalue weighted by Gasteiger charge is -2.25. The molecule has 120 valence electrons. The fraction of sp³-hybridized carbons (Fsp3) is 0.688. The Morgan fingerprint density at radius 3 is 2.27 bits per heavy atom. The summed E-state index contributed by atoms with van der Waals surface area (Å²) >= 11 is 5.84. The van der Waals surface area contributed by atoms with Crippen LogP contribution in [0.3, 0.4) is 0 Å². The summed E-state index contributed by atoms with van der Waals surface area (Å²) in [5.41, 5.74) is -0.436. The summed E-state index contributed by atoms with van der Waals surface area (Å²) in [7, 11) is 0. The van der Waals surface area contributed by atoms with Crippen LogP contribution in [-0.2, 0) is 4.74 Å². The quantitative estimate of drug-likeness (QED) is 0.794. The molecule has 3 rings (SSSR count). The molecule has 2 atom stereocenters. The first kappa shape index (κ1) is 15.5. The van der Waals surface area contributed by atoms with Crippen molar-refractivity contribution in [3.05, 3.63) is 23.2 Å². The maximum atomic E-state index is 12.1. The molecule has 1 aromatic heterocycles. The second-order valence-electron chi connectivity index (χ2n) is 7.33. The summed E-state index contributed by atoms with van der Waals surface area (Å²) in [6.07, 6.45) is 5.19. The molecule has 0 N–H and O–H groups in total. The fourth-order valence-electron chi connectivity index (χ4n) is 3.52. The summed E-state index contributed by atoms with van der Waals surface area (Å²) < 4.78 is 5.46. The van der Waals surface area contributed by atoms with Crippen LogP contribution in [0, 0.1) is 11.8 Å². The molecule has 2 unspecified atom stereocenters. The average Bonchev–Trinajstić information content (AvgIpc) is 2.95. The van der Waals surface area contributed by atoms with E-state index < -0.39 is 5.60 Å². The highest BCUT2D eigenvalue weighted by molar-refractivity contribution is 6.30. The van der Waals surface area contributed by atoms with Crippen LogP contribution in [0.15, 0.2) is 12.4 Å². The summed E-state index contributed by atoms with van der Waals surface area (Å²) in [5.74, 6) is 2.31. The lowest BCUT2D eigenvalue weighted by Crippen LogP contribution is -2.36. The number of carbonyl (C=O) groups is 1. The zero-order valence-electron chi connectivity index (χ0n) is 13.3. The molecule has 6 heteroatoms. The monoisotopic (exact) mass is 323 g/mol. The second kappa shape index (κ2) is 5.69. The van der Waals surface area contributed by atoms with Crippen molar-refractivity contribution in [2.24, 2.45) is 11.8 Å². The Balaban J connectivity index is 1.58. The van der Waals surface area contributed by atoms with Gasteiger partial charge in [-0.25, -0.2) is 14.8 Å². The molecule has 0 bridgehead atoms. The number of fused-ring (bicyclic) bond motifs is 1. The maximum Gasteiger partial charge on any atom is 0.410 e. The molecule has 5 nitrogen and oxygen atoms in total. The van der Waals surface area contributed by atoms with Crippen LogP contribution >= 0.6 is 11.6 Å². The molecule has 0 aromatic carbocycles. The van der Waals surface area contributed by atoms with Crippen LogP contribution in [0.5, 0.6) is 0 Å². The molecule has 2 fully saturated rings. The number of hydrogen-bond acceptors (Lipinski definition) is 4. The lowest BCUT2D eigenvalue weighted by molar-refractivity contribution is 0.0279. The van der Waals surface area contributed by atoms with Crippen molar-refractivity contribution in [3.63, 3.8) is 0 Å². The van der Waals surface area contributed by atoms with Gasteiger partial charge in [-0.2, -0.15) is 0 Å². The van der Waals surface area contributed by atoms with E-state index >= 15 is 0 Å². The van der Waals surface area contributed by atoms with Gasteiger partial charge in [0.1, 0.15) is 11.4 Å². The van der Waals surface area contributed by atoms with Crippen LogP contribution in [0.2, 0.25) is 5.02 Å². The van der Waals surface area contributed by atoms with Crippen molar-refractivity contribution in [1.29, 1.82) is 0 Å². The molecular formula is C16H22ClN3O2. The molecule has 2 heterocycles. The van der Waals surface area contributed by atoms with E-state index in [9.17, 15) is 4.79 Å². The Hall–Kier alpha value is -1.36. The third-order valence-corrected chi connectivity index (χ3v) is 4.60. The van der Waals surface area contributed by atoms with Crippen molar-refractivity contribution in [2.75, 3.05) is 13.1 Å². The predicted octanol–water partition coefficient (Wildman–Crippen LogP) is 3.49. The van der Waals surface area contributed by atoms with Gasteiger partial charge in [-0.1, -0.05) is 11.6 Å². The molecular weight excluding hydrogens is 302 g/mol. The van der Waals surface area contributed by atoms with Gasteiger partial charge in [-0.3, -0.25) is 0 Å². The van der Waals surface area contributed by atoms with Gasteiger partial charge >= 0.3 is 6.09 Å². The number of likely N-dealkylation sites (tertiary alicyclic amines) is 1. The number of aromatic nitrogens is 2. The van der Waals surface area contributed by atoms with Gasteiger partial charge in [0, 0.05) is 31.4 Å². The topological polar surface area (TPSA) is 55.3 Å². The predicted molar refractivity (Wildman–Crippen MR) is 83.8 cm³/mol. The third kappa shape index (κ3) is 3.35. The number of rotatable bonds is 1. The molecule has 2 aliphatic rings. The minimum atomic E-state index is -0.436. The van der Waals surface area contributed by atoms with E-state index in [-0.39, 0.29) is 6.09 Å². The zero-order valence-corrected chi connectivity index (χ0v) is 14.0. The highest BCUT2D eigenvalue weighted by Gasteiger charge is 2.44. The number of hydrogen-bond donors (Lipinski definition) is 0. The normalized spacial score (nSPS) is 27.8. The lowest BCUT2D eigenvalue weighted by atomic mass is 10.0. The molecule has 1 amide bonds. The molecule has 1 saturated carbocycles. The first-order valence-corrected chi connectivity index (χ1v) is 8.15. The number of amides is 1. The van der Waals surface area contributed by atoms with Gasteiger partial charge in [0.2, 0.25) is 0 Å². The number of nitrogens with zero attached hydrogens (tertiary/aromatic N) is 3. The zero-order chi connectivity index (χ0) is 15.9. The molecule has 0 radical (unpaired) electrons. The van der Waals surface area contributed by atoms with E-state index in [2.05, 4.69) is 9.97 Å². The van der Waals surface area contributed by atoms with Gasteiger partial charge in [-0.15, -0.1) is 0 Å². The Morgan fingerprint density at radius 2 is 1.77 bits per heavy atom. The molecule has 22 heavy (non-hydrogen) atoms. The van der Waals surface area contributed by atoms with E-state index in [0.29, 0.717) is 22.8 Å². The minimum absolute atomic E-state index is 0.193. The number of halogens is 1. The third-order valence-electron chi connectivity index (χ3n) is 4.41. The Kier molecular flexibility index (Phi) is 4.02. The molecule has 0 spiro atoms. The van der Waals surface area contributed by atoms with Gasteiger partial charge in [0.25, 0.3) is 0 Å². The number of ether oxygens (including phenoxy) is 1. The van der Waals surface area contributed by atoms with Crippen molar-refractivity contribution in [3.8, 4) is 0 Å². The van der Waals surface area contributed by atoms with E-state index in [4.69, 9.17) is 16.3 Å². The number of carbonyl (C=O) groups excluding carboxylic acids is 1. The van der Waals surface area contributed by atoms with Crippen LogP contribution in [0.1, 0.15) is 45.4 Å². The largest absolute Gasteiger partial charge is 0.444 e. The van der Waals surface area contributed by atoms with Crippen LogP contribution in [-0.4, -0.2) is 39.7 Å². The van der Waals surface area contributed by atoms with E-state index in [0.717, 1.165) is 31.8 Å². The fourth-order valence-corrected chi connectivity index (χ4v) is 3.62. The van der Waals surface area contributed by atoms with Crippen LogP contribution < -0.4 is 0 Å². The average molecular weight is 324 g/mol. The maximum absolute atomic E-state index is 12.1. The molecule has 1 aromatic rings. The van der Waals surface area contributed by atoms with Crippen molar-refractivity contribution < 1.29 is 9.53 Å². The van der Waals surface area contributed by atoms with Gasteiger partial charge < -0.3 is 9.64 Å². The van der Waals surface area contributed by atoms with E-state index in [1.54, 1.807) is 12.4 Å². The Morgan fingerprint density at radius 1 is 1.23 bits per heavy atom. The first-order chi connectivity index (χ1) is 10.3. The van der Waals surface area contributed by atoms with E-state index in [1.165, 1.54) is 0 Å². The SMILES string of the molecule is CC(C)(C)OC(=O)N1CC2CC(c3ncc(Cl)cn3)CC2C1. The van der Waals surface area contributed by atoms with Gasteiger partial charge in [0.05, 0.1) is 5.02 Å². The molecule has 1 saturated heterocycles. The van der Waals surface area contributed by atoms with Crippen LogP contribution in [0.25, 0.3) is 0 Å². The van der Waals surface area contributed by atoms with E-state index in [1.807, 2.05) is 25.7 Å². The standard InChI is InChI=1S/C16H22ClN3O2/c1-16(2,3)22-15(21)20-8-11-4-10(5-12(11)9-20)14-18-6-13(17)7-19-14/h6-7,10-12H,4-5,8-9H2,1-3H3. The first-order valence-electron chi connectivity index (χ1n) is 7.77. The van der Waals surface area contributed by atoms with Gasteiger partial charge in [0.15, 0.2) is 0 Å². The van der Waals surface area contributed by atoms with Gasteiger partial charge in [-0.05, 0) is 45.4 Å².